The molecule has 0 aliphatic carbocycles. The number of aromatic nitrogens is 3. The van der Waals surface area contributed by atoms with Crippen LogP contribution in [-0.2, 0) is 4.79 Å². The maximum absolute atomic E-state index is 14.7. The highest BCUT2D eigenvalue weighted by molar-refractivity contribution is 5.97. The van der Waals surface area contributed by atoms with Crippen molar-refractivity contribution < 1.29 is 14.0 Å². The molecule has 0 bridgehead atoms. The van der Waals surface area contributed by atoms with E-state index in [0.717, 1.165) is 18.4 Å². The lowest BCUT2D eigenvalue weighted by Gasteiger charge is -2.15. The second-order valence-corrected chi connectivity index (χ2v) is 7.98. The van der Waals surface area contributed by atoms with Gasteiger partial charge in [0.15, 0.2) is 5.65 Å². The van der Waals surface area contributed by atoms with E-state index in [-0.39, 0.29) is 11.6 Å². The van der Waals surface area contributed by atoms with Crippen LogP contribution in [0.2, 0.25) is 0 Å². The third-order valence-electron chi connectivity index (χ3n) is 5.72. The van der Waals surface area contributed by atoms with E-state index < -0.39 is 17.8 Å². The van der Waals surface area contributed by atoms with Gasteiger partial charge in [-0.2, -0.15) is 5.10 Å². The van der Waals surface area contributed by atoms with Gasteiger partial charge < -0.3 is 10.6 Å². The lowest BCUT2D eigenvalue weighted by Crippen LogP contribution is -2.45. The molecule has 2 amide bonds. The average Bonchev–Trinajstić information content (AvgIpc) is 3.17. The van der Waals surface area contributed by atoms with Crippen molar-refractivity contribution in [2.45, 2.75) is 25.3 Å². The number of rotatable bonds is 4. The molecule has 1 unspecified atom stereocenters. The van der Waals surface area contributed by atoms with Gasteiger partial charge >= 0.3 is 0 Å². The molecule has 33 heavy (non-hydrogen) atoms. The third-order valence-corrected chi connectivity index (χ3v) is 5.72. The van der Waals surface area contributed by atoms with Crippen LogP contribution in [0.1, 0.15) is 29.8 Å². The summed E-state index contributed by atoms with van der Waals surface area (Å²) in [5, 5.41) is 10.2. The summed E-state index contributed by atoms with van der Waals surface area (Å²) in [6.07, 6.45) is 2.27. The molecule has 0 saturated carbocycles. The van der Waals surface area contributed by atoms with Crippen molar-refractivity contribution in [3.05, 3.63) is 78.2 Å². The maximum atomic E-state index is 14.7. The fourth-order valence-corrected chi connectivity index (χ4v) is 4.01. The Balaban J connectivity index is 1.60. The molecule has 0 spiro atoms. The predicted molar refractivity (Wildman–Crippen MR) is 122 cm³/mol. The lowest BCUT2D eigenvalue weighted by atomic mass is 10.1. The van der Waals surface area contributed by atoms with Crippen molar-refractivity contribution in [3.8, 4) is 22.5 Å². The standard InChI is InChI=1S/C25H22FN5O2/c26-18-11-5-4-10-17(18)22-14-21(25(33)29-19-12-6-7-13-27-24(19)32)28-23-15-20(30-31(22)23)16-8-2-1-3-9-16/h1-5,8-11,14-15,19H,6-7,12-13H2,(H,27,32)(H,29,33). The van der Waals surface area contributed by atoms with E-state index in [0.29, 0.717) is 35.6 Å². The second kappa shape index (κ2) is 8.82. The van der Waals surface area contributed by atoms with Gasteiger partial charge in [-0.25, -0.2) is 13.9 Å². The lowest BCUT2D eigenvalue weighted by molar-refractivity contribution is -0.122. The largest absolute Gasteiger partial charge is 0.354 e. The Morgan fingerprint density at radius 1 is 1.06 bits per heavy atom. The number of fused-ring (bicyclic) bond motifs is 1. The molecule has 2 aromatic carbocycles. The van der Waals surface area contributed by atoms with Gasteiger partial charge in [0.05, 0.1) is 11.4 Å². The van der Waals surface area contributed by atoms with Gasteiger partial charge in [-0.05, 0) is 37.5 Å². The highest BCUT2D eigenvalue weighted by atomic mass is 19.1. The van der Waals surface area contributed by atoms with Crippen molar-refractivity contribution in [1.29, 1.82) is 0 Å². The van der Waals surface area contributed by atoms with Crippen LogP contribution in [-0.4, -0.2) is 39.0 Å². The Kier molecular flexibility index (Phi) is 5.56. The minimum atomic E-state index is -0.625. The summed E-state index contributed by atoms with van der Waals surface area (Å²) in [6.45, 7) is 0.602. The first-order valence-electron chi connectivity index (χ1n) is 10.9. The van der Waals surface area contributed by atoms with Crippen LogP contribution in [0.5, 0.6) is 0 Å². The van der Waals surface area contributed by atoms with E-state index in [2.05, 4.69) is 20.7 Å². The zero-order chi connectivity index (χ0) is 22.8. The normalized spacial score (nSPS) is 16.3. The molecule has 1 atom stereocenters. The number of nitrogens with zero attached hydrogens (tertiary/aromatic N) is 3. The molecule has 2 aromatic heterocycles. The van der Waals surface area contributed by atoms with Crippen LogP contribution in [0.15, 0.2) is 66.7 Å². The average molecular weight is 443 g/mol. The van der Waals surface area contributed by atoms with Crippen molar-refractivity contribution >= 4 is 17.5 Å². The summed E-state index contributed by atoms with van der Waals surface area (Å²) in [4.78, 5) is 29.8. The Labute approximate surface area is 189 Å². The molecular formula is C25H22FN5O2. The molecule has 166 valence electrons. The molecule has 2 N–H and O–H groups in total. The third kappa shape index (κ3) is 4.19. The van der Waals surface area contributed by atoms with Gasteiger partial charge in [0, 0.05) is 23.7 Å². The molecule has 1 fully saturated rings. The maximum Gasteiger partial charge on any atom is 0.270 e. The molecule has 3 heterocycles. The Bertz CT molecular complexity index is 1340. The fourth-order valence-electron chi connectivity index (χ4n) is 4.01. The molecule has 8 heteroatoms. The van der Waals surface area contributed by atoms with Crippen molar-refractivity contribution in [2.75, 3.05) is 6.54 Å². The highest BCUT2D eigenvalue weighted by Crippen LogP contribution is 2.27. The van der Waals surface area contributed by atoms with Crippen LogP contribution >= 0.6 is 0 Å². The van der Waals surface area contributed by atoms with Gasteiger partial charge in [0.2, 0.25) is 5.91 Å². The molecular weight excluding hydrogens is 421 g/mol. The van der Waals surface area contributed by atoms with Crippen molar-refractivity contribution in [3.63, 3.8) is 0 Å². The first kappa shape index (κ1) is 20.8. The smallest absolute Gasteiger partial charge is 0.270 e. The highest BCUT2D eigenvalue weighted by Gasteiger charge is 2.25. The molecule has 5 rings (SSSR count). The first-order chi connectivity index (χ1) is 16.1. The molecule has 4 aromatic rings. The van der Waals surface area contributed by atoms with Crippen LogP contribution in [0, 0.1) is 5.82 Å². The van der Waals surface area contributed by atoms with Gasteiger partial charge in [0.1, 0.15) is 17.6 Å². The quantitative estimate of drug-likeness (QED) is 0.505. The van der Waals surface area contributed by atoms with Gasteiger partial charge in [-0.15, -0.1) is 0 Å². The van der Waals surface area contributed by atoms with E-state index >= 15 is 0 Å². The zero-order valence-electron chi connectivity index (χ0n) is 17.8. The summed E-state index contributed by atoms with van der Waals surface area (Å²) in [7, 11) is 0. The van der Waals surface area contributed by atoms with Crippen molar-refractivity contribution in [1.82, 2.24) is 25.2 Å². The van der Waals surface area contributed by atoms with E-state index in [9.17, 15) is 14.0 Å². The number of hydrogen-bond acceptors (Lipinski definition) is 4. The number of carbonyl (C=O) groups is 2. The summed E-state index contributed by atoms with van der Waals surface area (Å²) in [6, 6.07) is 18.5. The van der Waals surface area contributed by atoms with Gasteiger partial charge in [-0.3, -0.25) is 9.59 Å². The Morgan fingerprint density at radius 2 is 1.85 bits per heavy atom. The molecule has 1 aliphatic rings. The predicted octanol–water partition coefficient (Wildman–Crippen LogP) is 3.60. The topological polar surface area (TPSA) is 88.4 Å². The van der Waals surface area contributed by atoms with Gasteiger partial charge in [-0.1, -0.05) is 42.5 Å². The molecule has 7 nitrogen and oxygen atoms in total. The minimum absolute atomic E-state index is 0.0947. The molecule has 0 radical (unpaired) electrons. The van der Waals surface area contributed by atoms with E-state index in [1.807, 2.05) is 30.3 Å². The van der Waals surface area contributed by atoms with E-state index in [1.165, 1.54) is 16.6 Å². The summed E-state index contributed by atoms with van der Waals surface area (Å²) in [5.41, 5.74) is 2.73. The van der Waals surface area contributed by atoms with Crippen LogP contribution < -0.4 is 10.6 Å². The number of amides is 2. The number of hydrogen-bond donors (Lipinski definition) is 2. The monoisotopic (exact) mass is 443 g/mol. The molecule has 1 saturated heterocycles. The zero-order valence-corrected chi connectivity index (χ0v) is 17.8. The summed E-state index contributed by atoms with van der Waals surface area (Å²) < 4.78 is 16.3. The fraction of sp³-hybridized carbons (Fsp3) is 0.200. The first-order valence-corrected chi connectivity index (χ1v) is 10.9. The Hall–Kier alpha value is -4.07. The van der Waals surface area contributed by atoms with Gasteiger partial charge in [0.25, 0.3) is 5.91 Å². The SMILES string of the molecule is O=C(NC1CCCCNC1=O)c1cc(-c2ccccc2F)n2nc(-c3ccccc3)cc2n1. The molecule has 1 aliphatic heterocycles. The van der Waals surface area contributed by atoms with E-state index in [1.54, 1.807) is 24.3 Å². The summed E-state index contributed by atoms with van der Waals surface area (Å²) in [5.74, 6) is -1.12. The number of nitrogens with one attached hydrogen (secondary N) is 2. The number of carbonyl (C=O) groups excluding carboxylic acids is 2. The van der Waals surface area contributed by atoms with Crippen LogP contribution in [0.4, 0.5) is 4.39 Å². The van der Waals surface area contributed by atoms with Crippen LogP contribution in [0.3, 0.4) is 0 Å². The minimum Gasteiger partial charge on any atom is -0.354 e. The van der Waals surface area contributed by atoms with Crippen LogP contribution in [0.25, 0.3) is 28.2 Å². The van der Waals surface area contributed by atoms with Crippen molar-refractivity contribution in [2.24, 2.45) is 0 Å². The Morgan fingerprint density at radius 3 is 2.67 bits per heavy atom. The second-order valence-electron chi connectivity index (χ2n) is 7.98. The van der Waals surface area contributed by atoms with E-state index in [4.69, 9.17) is 0 Å². The number of benzene rings is 2. The number of halogens is 1. The summed E-state index contributed by atoms with van der Waals surface area (Å²) >= 11 is 0.